The highest BCUT2D eigenvalue weighted by molar-refractivity contribution is 7.25. The van der Waals surface area contributed by atoms with Gasteiger partial charge in [0.15, 0.2) is 0 Å². The molecule has 4 heteroatoms. The van der Waals surface area contributed by atoms with Crippen molar-refractivity contribution in [2.45, 2.75) is 0 Å². The zero-order valence-electron chi connectivity index (χ0n) is 35.7. The second-order valence-electron chi connectivity index (χ2n) is 17.2. The van der Waals surface area contributed by atoms with Crippen molar-refractivity contribution >= 4 is 114 Å². The first kappa shape index (κ1) is 37.0. The molecule has 0 radical (unpaired) electrons. The molecule has 0 unspecified atom stereocenters. The fourth-order valence-electron chi connectivity index (χ4n) is 10.6. The van der Waals surface area contributed by atoms with E-state index < -0.39 is 0 Å². The van der Waals surface area contributed by atoms with Crippen LogP contribution < -0.4 is 4.90 Å². The summed E-state index contributed by atoms with van der Waals surface area (Å²) in [5.41, 5.74) is 12.7. The molecule has 0 spiro atoms. The Bertz CT molecular complexity index is 4190. The summed E-state index contributed by atoms with van der Waals surface area (Å²) in [7, 11) is 0. The molecule has 0 atom stereocenters. The van der Waals surface area contributed by atoms with E-state index in [9.17, 15) is 0 Å². The van der Waals surface area contributed by atoms with E-state index in [1.165, 1.54) is 63.6 Å². The minimum atomic E-state index is 0.852. The zero-order valence-corrected chi connectivity index (χ0v) is 36.5. The van der Waals surface area contributed by atoms with E-state index in [1.807, 2.05) is 11.3 Å². The van der Waals surface area contributed by atoms with Crippen LogP contribution in [0.4, 0.5) is 17.1 Å². The first-order valence-corrected chi connectivity index (χ1v) is 23.3. The first-order valence-electron chi connectivity index (χ1n) is 22.5. The Kier molecular flexibility index (Phi) is 8.15. The van der Waals surface area contributed by atoms with Crippen LogP contribution in [-0.4, -0.2) is 4.57 Å². The average molecular weight is 859 g/mol. The summed E-state index contributed by atoms with van der Waals surface area (Å²) in [5, 5.41) is 12.0. The lowest BCUT2D eigenvalue weighted by molar-refractivity contribution is 0.670. The van der Waals surface area contributed by atoms with Crippen molar-refractivity contribution in [3.63, 3.8) is 0 Å². The van der Waals surface area contributed by atoms with Gasteiger partial charge in [-0.3, -0.25) is 0 Å². The Morgan fingerprint density at radius 1 is 0.379 bits per heavy atom. The maximum atomic E-state index is 7.11. The molecular weight excluding hydrogens is 821 g/mol. The summed E-state index contributed by atoms with van der Waals surface area (Å²) in [6, 6.07) is 84.1. The molecule has 66 heavy (non-hydrogen) atoms. The number of fused-ring (bicyclic) bond motifs is 12. The van der Waals surface area contributed by atoms with Crippen molar-refractivity contribution in [3.8, 4) is 27.9 Å². The van der Waals surface area contributed by atoms with Crippen molar-refractivity contribution in [2.24, 2.45) is 0 Å². The Labute approximate surface area is 384 Å². The van der Waals surface area contributed by atoms with Gasteiger partial charge in [0.25, 0.3) is 0 Å². The number of thiophene rings is 1. The SMILES string of the molecule is c1ccc(-n2c3ccccc3c3ccccc32)c(-c2c(N(c3ccc(-c4ccc5sc6ccccc6c5c4)cc3)c3cc4ccccc4c4ccccc34)ccc3c2oc2ccccc23)c1. The molecule has 0 saturated carbocycles. The normalized spacial score (nSPS) is 11.9. The lowest BCUT2D eigenvalue weighted by atomic mass is 9.95. The number of furan rings is 1. The van der Waals surface area contributed by atoms with E-state index in [0.717, 1.165) is 66.8 Å². The first-order chi connectivity index (χ1) is 32.7. The largest absolute Gasteiger partial charge is 0.455 e. The van der Waals surface area contributed by atoms with Crippen LogP contribution in [0.2, 0.25) is 0 Å². The van der Waals surface area contributed by atoms with Crippen molar-refractivity contribution in [3.05, 3.63) is 231 Å². The minimum Gasteiger partial charge on any atom is -0.455 e. The molecule has 0 N–H and O–H groups in total. The van der Waals surface area contributed by atoms with Crippen molar-refractivity contribution in [2.75, 3.05) is 4.90 Å². The number of anilines is 3. The Balaban J connectivity index is 1.07. The fourth-order valence-corrected chi connectivity index (χ4v) is 11.7. The summed E-state index contributed by atoms with van der Waals surface area (Å²) < 4.78 is 12.2. The van der Waals surface area contributed by atoms with Crippen molar-refractivity contribution in [1.29, 1.82) is 0 Å². The average Bonchev–Trinajstić information content (AvgIpc) is 4.06. The molecule has 14 rings (SSSR count). The topological polar surface area (TPSA) is 21.3 Å². The number of nitrogens with zero attached hydrogens (tertiary/aromatic N) is 2. The standard InChI is InChI=1S/C62H38N2OS/c1-2-16-43-41(15-1)38-57(45-18-4-3-17-44(43)45)63(42-32-29-39(30-33-42)40-31-36-60-52(37-40)49-22-9-14-28-59(49)66-60)56-35-34-50-48-21-8-13-27-58(48)65-62(50)61(56)51-23-7-12-26-55(51)64-53-24-10-5-19-46(53)47-20-6-11-25-54(47)64/h1-38H. The summed E-state index contributed by atoms with van der Waals surface area (Å²) in [6.07, 6.45) is 0. The van der Waals surface area contributed by atoms with Gasteiger partial charge in [-0.05, 0) is 100 Å². The molecule has 14 aromatic rings. The van der Waals surface area contributed by atoms with Crippen LogP contribution >= 0.6 is 11.3 Å². The number of rotatable bonds is 6. The molecule has 308 valence electrons. The van der Waals surface area contributed by atoms with Crippen LogP contribution in [0.25, 0.3) is 113 Å². The number of hydrogen-bond acceptors (Lipinski definition) is 3. The van der Waals surface area contributed by atoms with E-state index in [-0.39, 0.29) is 0 Å². The summed E-state index contributed by atoms with van der Waals surface area (Å²) in [5.74, 6) is 0. The maximum absolute atomic E-state index is 7.11. The van der Waals surface area contributed by atoms with Gasteiger partial charge in [-0.25, -0.2) is 0 Å². The van der Waals surface area contributed by atoms with Gasteiger partial charge in [0.05, 0.1) is 33.7 Å². The third kappa shape index (κ3) is 5.55. The molecule has 0 aliphatic rings. The minimum absolute atomic E-state index is 0.852. The fraction of sp³-hybridized carbons (Fsp3) is 0. The van der Waals surface area contributed by atoms with E-state index in [1.54, 1.807) is 0 Å². The van der Waals surface area contributed by atoms with Crippen molar-refractivity contribution in [1.82, 2.24) is 4.57 Å². The molecule has 0 saturated heterocycles. The van der Waals surface area contributed by atoms with Gasteiger partial charge in [0.1, 0.15) is 11.2 Å². The van der Waals surface area contributed by atoms with Crippen LogP contribution in [0.15, 0.2) is 235 Å². The molecule has 0 fully saturated rings. The van der Waals surface area contributed by atoms with Gasteiger partial charge in [-0.1, -0.05) is 158 Å². The highest BCUT2D eigenvalue weighted by Crippen LogP contribution is 2.51. The Morgan fingerprint density at radius 2 is 0.985 bits per heavy atom. The van der Waals surface area contributed by atoms with Crippen LogP contribution in [-0.2, 0) is 0 Å². The number of para-hydroxylation sites is 4. The van der Waals surface area contributed by atoms with Gasteiger partial charge >= 0.3 is 0 Å². The smallest absolute Gasteiger partial charge is 0.145 e. The second-order valence-corrected chi connectivity index (χ2v) is 18.3. The molecule has 0 amide bonds. The summed E-state index contributed by atoms with van der Waals surface area (Å²) in [4.78, 5) is 2.47. The number of benzene rings is 11. The van der Waals surface area contributed by atoms with Gasteiger partial charge in [-0.2, -0.15) is 0 Å². The predicted molar refractivity (Wildman–Crippen MR) is 282 cm³/mol. The van der Waals surface area contributed by atoms with Crippen LogP contribution in [0, 0.1) is 0 Å². The second kappa shape index (κ2) is 14.5. The van der Waals surface area contributed by atoms with Crippen LogP contribution in [0.3, 0.4) is 0 Å². The highest BCUT2D eigenvalue weighted by atomic mass is 32.1. The molecule has 0 aliphatic heterocycles. The molecule has 3 aromatic heterocycles. The number of aromatic nitrogens is 1. The van der Waals surface area contributed by atoms with Crippen molar-refractivity contribution < 1.29 is 4.42 Å². The highest BCUT2D eigenvalue weighted by Gasteiger charge is 2.27. The van der Waals surface area contributed by atoms with E-state index in [2.05, 4.69) is 240 Å². The van der Waals surface area contributed by atoms with Gasteiger partial charge < -0.3 is 13.9 Å². The van der Waals surface area contributed by atoms with E-state index in [4.69, 9.17) is 4.42 Å². The van der Waals surface area contributed by atoms with Gasteiger partial charge in [0.2, 0.25) is 0 Å². The third-order valence-corrected chi connectivity index (χ3v) is 14.7. The van der Waals surface area contributed by atoms with Gasteiger partial charge in [-0.15, -0.1) is 11.3 Å². The summed E-state index contributed by atoms with van der Waals surface area (Å²) >= 11 is 1.85. The molecule has 3 nitrogen and oxygen atoms in total. The molecular formula is C62H38N2OS. The zero-order chi connectivity index (χ0) is 43.3. The van der Waals surface area contributed by atoms with E-state index >= 15 is 0 Å². The Morgan fingerprint density at radius 3 is 1.79 bits per heavy atom. The van der Waals surface area contributed by atoms with E-state index in [0.29, 0.717) is 0 Å². The van der Waals surface area contributed by atoms with Crippen LogP contribution in [0.5, 0.6) is 0 Å². The van der Waals surface area contributed by atoms with Gasteiger partial charge in [0, 0.05) is 58.4 Å². The lowest BCUT2D eigenvalue weighted by Gasteiger charge is -2.30. The molecule has 0 aliphatic carbocycles. The Hall–Kier alpha value is -8.44. The van der Waals surface area contributed by atoms with Crippen LogP contribution in [0.1, 0.15) is 0 Å². The molecule has 0 bridgehead atoms. The monoisotopic (exact) mass is 858 g/mol. The quantitative estimate of drug-likeness (QED) is 0.155. The summed E-state index contributed by atoms with van der Waals surface area (Å²) in [6.45, 7) is 0. The number of hydrogen-bond donors (Lipinski definition) is 0. The lowest BCUT2D eigenvalue weighted by Crippen LogP contribution is -2.12. The molecule has 3 heterocycles. The molecule has 11 aromatic carbocycles. The third-order valence-electron chi connectivity index (χ3n) is 13.6. The predicted octanol–water partition coefficient (Wildman–Crippen LogP) is 18.2. The maximum Gasteiger partial charge on any atom is 0.145 e.